The minimum atomic E-state index is -0.917. The first kappa shape index (κ1) is 25.9. The van der Waals surface area contributed by atoms with Crippen molar-refractivity contribution in [2.75, 3.05) is 17.3 Å². The molecule has 2 aliphatic rings. The van der Waals surface area contributed by atoms with E-state index in [1.807, 2.05) is 24.3 Å². The van der Waals surface area contributed by atoms with Gasteiger partial charge in [-0.05, 0) is 68.2 Å². The molecule has 7 heteroatoms. The first-order valence-electron chi connectivity index (χ1n) is 13.1. The molecule has 1 aliphatic heterocycles. The number of carbonyl (C=O) groups excluding carboxylic acids is 3. The second kappa shape index (κ2) is 11.7. The molecule has 6 nitrogen and oxygen atoms in total. The molecule has 0 aromatic heterocycles. The zero-order valence-electron chi connectivity index (χ0n) is 21.0. The second-order valence-corrected chi connectivity index (χ2v) is 10.1. The summed E-state index contributed by atoms with van der Waals surface area (Å²) in [6, 6.07) is 11.8. The maximum Gasteiger partial charge on any atom is 0.256 e. The zero-order valence-corrected chi connectivity index (χ0v) is 21.0. The highest BCUT2D eigenvalue weighted by molar-refractivity contribution is 6.22. The van der Waals surface area contributed by atoms with Crippen LogP contribution in [0, 0.1) is 5.92 Å². The van der Waals surface area contributed by atoms with E-state index >= 15 is 0 Å². The number of hydrogen-bond acceptors (Lipinski definition) is 4. The molecular formula is C29H36FN3O3. The summed E-state index contributed by atoms with van der Waals surface area (Å²) in [7, 11) is 0. The van der Waals surface area contributed by atoms with Crippen LogP contribution in [0.15, 0.2) is 42.5 Å². The van der Waals surface area contributed by atoms with Gasteiger partial charge in [0, 0.05) is 17.7 Å². The first-order valence-corrected chi connectivity index (χ1v) is 13.1. The fourth-order valence-electron chi connectivity index (χ4n) is 5.58. The Bertz CT molecular complexity index is 1110. The van der Waals surface area contributed by atoms with Crippen LogP contribution >= 0.6 is 0 Å². The number of amides is 3. The van der Waals surface area contributed by atoms with E-state index in [-0.39, 0.29) is 18.2 Å². The smallest absolute Gasteiger partial charge is 0.256 e. The van der Waals surface area contributed by atoms with Gasteiger partial charge in [-0.15, -0.1) is 0 Å². The molecule has 0 spiro atoms. The van der Waals surface area contributed by atoms with Crippen molar-refractivity contribution in [3.05, 3.63) is 48.0 Å². The Morgan fingerprint density at radius 2 is 1.83 bits per heavy atom. The number of halogens is 1. The minimum Gasteiger partial charge on any atom is -0.398 e. The summed E-state index contributed by atoms with van der Waals surface area (Å²) in [5, 5.41) is 2.91. The highest BCUT2D eigenvalue weighted by Gasteiger charge is 2.38. The van der Waals surface area contributed by atoms with Crippen LogP contribution < -0.4 is 16.0 Å². The predicted molar refractivity (Wildman–Crippen MR) is 140 cm³/mol. The van der Waals surface area contributed by atoms with Gasteiger partial charge in [-0.1, -0.05) is 49.6 Å². The van der Waals surface area contributed by atoms with Crippen LogP contribution in [0.1, 0.15) is 76.2 Å². The maximum absolute atomic E-state index is 14.0. The Balaban J connectivity index is 1.67. The lowest BCUT2D eigenvalue weighted by molar-refractivity contribution is -0.132. The largest absolute Gasteiger partial charge is 0.398 e. The van der Waals surface area contributed by atoms with Gasteiger partial charge in [-0.2, -0.15) is 0 Å². The Hall–Kier alpha value is -3.22. The van der Waals surface area contributed by atoms with Crippen molar-refractivity contribution in [2.24, 2.45) is 5.92 Å². The van der Waals surface area contributed by atoms with Crippen molar-refractivity contribution in [2.45, 2.75) is 76.7 Å². The third-order valence-corrected chi connectivity index (χ3v) is 7.53. The van der Waals surface area contributed by atoms with Crippen LogP contribution in [0.2, 0.25) is 0 Å². The van der Waals surface area contributed by atoms with Crippen molar-refractivity contribution in [3.8, 4) is 11.1 Å². The molecule has 2 aromatic rings. The van der Waals surface area contributed by atoms with E-state index in [1.54, 1.807) is 25.1 Å². The number of nitrogens with two attached hydrogens (primary N) is 1. The lowest BCUT2D eigenvalue weighted by atomic mass is 9.87. The summed E-state index contributed by atoms with van der Waals surface area (Å²) >= 11 is 0. The monoisotopic (exact) mass is 493 g/mol. The number of imide groups is 1. The molecule has 2 aromatic carbocycles. The molecule has 36 heavy (non-hydrogen) atoms. The highest BCUT2D eigenvalue weighted by Crippen LogP contribution is 2.44. The minimum absolute atomic E-state index is 0.188. The van der Waals surface area contributed by atoms with E-state index in [1.165, 1.54) is 11.3 Å². The number of hydrogen-bond donors (Lipinski definition) is 2. The van der Waals surface area contributed by atoms with Gasteiger partial charge in [-0.25, -0.2) is 4.90 Å². The van der Waals surface area contributed by atoms with Gasteiger partial charge in [0.05, 0.1) is 18.3 Å². The molecule has 0 saturated heterocycles. The summed E-state index contributed by atoms with van der Waals surface area (Å²) < 4.78 is 12.9. The molecule has 2 atom stereocenters. The first-order chi connectivity index (χ1) is 17.4. The number of fused-ring (bicyclic) bond motifs is 3. The average molecular weight is 494 g/mol. The van der Waals surface area contributed by atoms with E-state index in [0.29, 0.717) is 42.1 Å². The zero-order chi connectivity index (χ0) is 25.7. The van der Waals surface area contributed by atoms with Gasteiger partial charge in [0.25, 0.3) is 5.91 Å². The van der Waals surface area contributed by atoms with Gasteiger partial charge in [0.2, 0.25) is 11.8 Å². The van der Waals surface area contributed by atoms with Gasteiger partial charge in [-0.3, -0.25) is 18.8 Å². The number of alkyl halides is 1. The van der Waals surface area contributed by atoms with E-state index < -0.39 is 24.5 Å². The van der Waals surface area contributed by atoms with Crippen molar-refractivity contribution in [3.63, 3.8) is 0 Å². The molecule has 1 heterocycles. The van der Waals surface area contributed by atoms with Crippen molar-refractivity contribution >= 4 is 29.1 Å². The number of unbranched alkanes of at least 4 members (excludes halogenated alkanes) is 1. The van der Waals surface area contributed by atoms with Crippen LogP contribution in [0.25, 0.3) is 11.1 Å². The summed E-state index contributed by atoms with van der Waals surface area (Å²) in [6.45, 7) is 1.29. The van der Waals surface area contributed by atoms with E-state index in [2.05, 4.69) is 5.32 Å². The summed E-state index contributed by atoms with van der Waals surface area (Å²) in [4.78, 5) is 41.9. The Labute approximate surface area is 212 Å². The van der Waals surface area contributed by atoms with Crippen LogP contribution in [-0.4, -0.2) is 30.4 Å². The third kappa shape index (κ3) is 5.45. The Morgan fingerprint density at radius 3 is 2.58 bits per heavy atom. The van der Waals surface area contributed by atoms with E-state index in [9.17, 15) is 18.8 Å². The number of benzene rings is 2. The number of rotatable bonds is 8. The molecule has 4 rings (SSSR count). The molecule has 0 bridgehead atoms. The van der Waals surface area contributed by atoms with Gasteiger partial charge in [0.15, 0.2) is 0 Å². The number of nitrogen functional groups attached to an aromatic ring is 1. The molecule has 1 fully saturated rings. The molecule has 1 saturated carbocycles. The fourth-order valence-corrected chi connectivity index (χ4v) is 5.58. The SMILES string of the molecule is CC1C(=O)N(C(=O)[C@H](CCCCF)NC(=O)CC2CCCCC2)c2cccc(N)c2-c2ccccc21. The van der Waals surface area contributed by atoms with Crippen LogP contribution in [-0.2, 0) is 14.4 Å². The fraction of sp³-hybridized carbons (Fsp3) is 0.483. The Kier molecular flexibility index (Phi) is 8.39. The number of anilines is 2. The molecule has 3 amide bonds. The van der Waals surface area contributed by atoms with Crippen LogP contribution in [0.4, 0.5) is 15.8 Å². The summed E-state index contributed by atoms with van der Waals surface area (Å²) in [5.74, 6) is -1.32. The lowest BCUT2D eigenvalue weighted by Crippen LogP contribution is -2.51. The highest BCUT2D eigenvalue weighted by atomic mass is 19.1. The molecule has 1 aliphatic carbocycles. The van der Waals surface area contributed by atoms with Crippen molar-refractivity contribution in [1.29, 1.82) is 0 Å². The van der Waals surface area contributed by atoms with Gasteiger partial charge in [0.1, 0.15) is 6.04 Å². The van der Waals surface area contributed by atoms with Crippen molar-refractivity contribution < 1.29 is 18.8 Å². The topological polar surface area (TPSA) is 92.5 Å². The molecular weight excluding hydrogens is 457 g/mol. The van der Waals surface area contributed by atoms with Gasteiger partial charge >= 0.3 is 0 Å². The summed E-state index contributed by atoms with van der Waals surface area (Å²) in [6.07, 6.45) is 6.82. The quantitative estimate of drug-likeness (QED) is 0.375. The van der Waals surface area contributed by atoms with E-state index in [4.69, 9.17) is 5.73 Å². The average Bonchev–Trinajstić information content (AvgIpc) is 2.97. The molecule has 3 N–H and O–H groups in total. The lowest BCUT2D eigenvalue weighted by Gasteiger charge is -2.29. The van der Waals surface area contributed by atoms with E-state index in [0.717, 1.165) is 36.8 Å². The number of nitrogens with zero attached hydrogens (tertiary/aromatic N) is 1. The molecule has 1 unspecified atom stereocenters. The second-order valence-electron chi connectivity index (χ2n) is 10.1. The van der Waals surface area contributed by atoms with Crippen LogP contribution in [0.5, 0.6) is 0 Å². The Morgan fingerprint density at radius 1 is 1.08 bits per heavy atom. The standard InChI is InChI=1S/C29H36FN3O3/c1-19-21-12-5-6-13-22(21)27-23(31)14-9-16-25(27)33(28(19)35)29(36)24(15-7-8-17-30)32-26(34)18-20-10-3-2-4-11-20/h5-6,9,12-14,16,19-20,24H,2-4,7-8,10-11,15,17-18,31H2,1H3,(H,32,34)/t19?,24-/m0/s1. The molecule has 0 radical (unpaired) electrons. The number of carbonyl (C=O) groups is 3. The third-order valence-electron chi connectivity index (χ3n) is 7.53. The van der Waals surface area contributed by atoms with Crippen LogP contribution in [0.3, 0.4) is 0 Å². The van der Waals surface area contributed by atoms with Gasteiger partial charge < -0.3 is 11.1 Å². The maximum atomic E-state index is 14.0. The predicted octanol–water partition coefficient (Wildman–Crippen LogP) is 5.51. The normalized spacial score (nSPS) is 18.7. The molecule has 192 valence electrons. The number of nitrogens with one attached hydrogen (secondary N) is 1. The van der Waals surface area contributed by atoms with Crippen molar-refractivity contribution in [1.82, 2.24) is 5.32 Å². The summed E-state index contributed by atoms with van der Waals surface area (Å²) in [5.41, 5.74) is 9.51.